The van der Waals surface area contributed by atoms with Gasteiger partial charge in [-0.1, -0.05) is 49.4 Å². The highest BCUT2D eigenvalue weighted by atomic mass is 16.5. The molecule has 0 bridgehead atoms. The zero-order chi connectivity index (χ0) is 24.2. The number of nitrogens with zero attached hydrogens (tertiary/aromatic N) is 2. The van der Waals surface area contributed by atoms with Crippen LogP contribution in [-0.2, 0) is 14.4 Å². The highest BCUT2D eigenvalue weighted by Crippen LogP contribution is 2.30. The van der Waals surface area contributed by atoms with E-state index in [1.165, 1.54) is 0 Å². The summed E-state index contributed by atoms with van der Waals surface area (Å²) in [6, 6.07) is 13.0. The van der Waals surface area contributed by atoms with E-state index < -0.39 is 35.8 Å². The average molecular weight is 465 g/mol. The summed E-state index contributed by atoms with van der Waals surface area (Å²) in [5.74, 6) is -1.35. The molecule has 2 saturated heterocycles. The summed E-state index contributed by atoms with van der Waals surface area (Å²) >= 11 is 0. The summed E-state index contributed by atoms with van der Waals surface area (Å²) in [6.45, 7) is 3.23. The molecule has 0 aliphatic carbocycles. The van der Waals surface area contributed by atoms with Gasteiger partial charge in [0, 0.05) is 19.0 Å². The van der Waals surface area contributed by atoms with Crippen molar-refractivity contribution < 1.29 is 23.9 Å². The number of amides is 5. The molecule has 2 heterocycles. The van der Waals surface area contributed by atoms with Gasteiger partial charge in [-0.25, -0.2) is 9.69 Å². The molecule has 0 aromatic heterocycles. The summed E-state index contributed by atoms with van der Waals surface area (Å²) < 4.78 is 5.58. The number of likely N-dealkylation sites (tertiary alicyclic amines) is 1. The van der Waals surface area contributed by atoms with Crippen molar-refractivity contribution in [2.75, 3.05) is 19.7 Å². The fourth-order valence-electron chi connectivity index (χ4n) is 4.48. The number of benzene rings is 2. The van der Waals surface area contributed by atoms with Crippen LogP contribution in [0.4, 0.5) is 4.79 Å². The van der Waals surface area contributed by atoms with E-state index >= 15 is 0 Å². The Balaban J connectivity index is 1.45. The first kappa shape index (κ1) is 23.3. The lowest BCUT2D eigenvalue weighted by Gasteiger charge is -2.28. The van der Waals surface area contributed by atoms with Crippen LogP contribution in [0.25, 0.3) is 0 Å². The molecule has 2 aliphatic rings. The van der Waals surface area contributed by atoms with Crippen LogP contribution < -0.4 is 15.8 Å². The number of imide groups is 1. The number of urea groups is 1. The van der Waals surface area contributed by atoms with Gasteiger partial charge >= 0.3 is 6.03 Å². The Labute approximate surface area is 197 Å². The average Bonchev–Trinajstić information content (AvgIpc) is 3.48. The van der Waals surface area contributed by atoms with Crippen LogP contribution in [0.2, 0.25) is 0 Å². The Morgan fingerprint density at radius 2 is 1.71 bits per heavy atom. The Bertz CT molecular complexity index is 1070. The number of rotatable bonds is 8. The first-order chi connectivity index (χ1) is 16.4. The summed E-state index contributed by atoms with van der Waals surface area (Å²) in [7, 11) is 0. The van der Waals surface area contributed by atoms with Crippen LogP contribution in [-0.4, -0.2) is 59.3 Å². The van der Waals surface area contributed by atoms with Crippen molar-refractivity contribution >= 4 is 23.8 Å². The highest BCUT2D eigenvalue weighted by molar-refractivity contribution is 6.08. The van der Waals surface area contributed by atoms with Gasteiger partial charge in [0.1, 0.15) is 17.8 Å². The molecule has 0 spiro atoms. The van der Waals surface area contributed by atoms with E-state index in [4.69, 9.17) is 10.5 Å². The van der Waals surface area contributed by atoms with E-state index in [0.717, 1.165) is 36.4 Å². The second kappa shape index (κ2) is 9.94. The Morgan fingerprint density at radius 3 is 2.32 bits per heavy atom. The minimum Gasteiger partial charge on any atom is -0.484 e. The number of carbonyl (C=O) groups is 4. The quantitative estimate of drug-likeness (QED) is 0.578. The Hall–Kier alpha value is -3.88. The van der Waals surface area contributed by atoms with Gasteiger partial charge in [-0.15, -0.1) is 0 Å². The highest BCUT2D eigenvalue weighted by Gasteiger charge is 2.46. The fourth-order valence-corrected chi connectivity index (χ4v) is 4.48. The lowest BCUT2D eigenvalue weighted by Crippen LogP contribution is -2.51. The molecule has 0 unspecified atom stereocenters. The number of carbonyl (C=O) groups excluding carboxylic acids is 4. The predicted molar refractivity (Wildman–Crippen MR) is 124 cm³/mol. The van der Waals surface area contributed by atoms with Crippen molar-refractivity contribution in [1.29, 1.82) is 0 Å². The summed E-state index contributed by atoms with van der Waals surface area (Å²) in [5.41, 5.74) is 6.95. The number of hydrogen-bond acceptors (Lipinski definition) is 5. The van der Waals surface area contributed by atoms with E-state index in [9.17, 15) is 19.2 Å². The van der Waals surface area contributed by atoms with Gasteiger partial charge in [-0.05, 0) is 36.1 Å². The maximum Gasteiger partial charge on any atom is 0.325 e. The van der Waals surface area contributed by atoms with Crippen LogP contribution >= 0.6 is 0 Å². The Kier molecular flexibility index (Phi) is 6.81. The predicted octanol–water partition coefficient (Wildman–Crippen LogP) is 1.94. The molecule has 2 aliphatic heterocycles. The normalized spacial score (nSPS) is 19.6. The number of ether oxygens (including phenoxy) is 1. The van der Waals surface area contributed by atoms with Gasteiger partial charge < -0.3 is 20.7 Å². The van der Waals surface area contributed by atoms with Crippen LogP contribution in [0.5, 0.6) is 5.75 Å². The van der Waals surface area contributed by atoms with E-state index in [1.807, 2.05) is 30.3 Å². The molecular formula is C25H28N4O5. The van der Waals surface area contributed by atoms with Crippen molar-refractivity contribution in [1.82, 2.24) is 15.1 Å². The lowest BCUT2D eigenvalue weighted by molar-refractivity contribution is -0.135. The maximum atomic E-state index is 13.2. The van der Waals surface area contributed by atoms with Crippen LogP contribution in [0.3, 0.4) is 0 Å². The van der Waals surface area contributed by atoms with Crippen molar-refractivity contribution in [3.63, 3.8) is 0 Å². The first-order valence-electron chi connectivity index (χ1n) is 11.3. The molecule has 2 fully saturated rings. The summed E-state index contributed by atoms with van der Waals surface area (Å²) in [5, 5.41) is 2.65. The van der Waals surface area contributed by atoms with E-state index in [-0.39, 0.29) is 12.5 Å². The molecule has 9 nitrogen and oxygen atoms in total. The number of nitrogens with one attached hydrogen (secondary N) is 1. The Morgan fingerprint density at radius 1 is 1.06 bits per heavy atom. The van der Waals surface area contributed by atoms with Crippen LogP contribution in [0.1, 0.15) is 42.9 Å². The number of primary amides is 1. The van der Waals surface area contributed by atoms with Gasteiger partial charge in [0.15, 0.2) is 6.61 Å². The van der Waals surface area contributed by atoms with Crippen LogP contribution in [0.15, 0.2) is 54.6 Å². The van der Waals surface area contributed by atoms with Gasteiger partial charge in [0.25, 0.3) is 11.8 Å². The van der Waals surface area contributed by atoms with E-state index in [0.29, 0.717) is 11.3 Å². The minimum atomic E-state index is -1.13. The topological polar surface area (TPSA) is 122 Å². The van der Waals surface area contributed by atoms with E-state index in [1.54, 1.807) is 36.1 Å². The standard InChI is InChI=1S/C25H28N4O5/c1-16(17-7-3-2-4-8-17)22(23(26)31)29-24(32)21(27-25(29)33)18-9-11-19(12-10-18)34-15-20(30)28-13-5-6-14-28/h2-4,7-12,16,21-22H,5-6,13-15H2,1H3,(H2,26,31)(H,27,33)/t16-,21+,22-/m0/s1. The van der Waals surface area contributed by atoms with Crippen molar-refractivity contribution in [3.8, 4) is 5.75 Å². The molecule has 3 atom stereocenters. The van der Waals surface area contributed by atoms with Crippen molar-refractivity contribution in [2.24, 2.45) is 5.73 Å². The SMILES string of the molecule is C[C@@H](c1ccccc1)[C@@H](C(N)=O)N1C(=O)N[C@H](c2ccc(OCC(=O)N3CCCC3)cc2)C1=O. The molecule has 4 rings (SSSR count). The second-order valence-electron chi connectivity index (χ2n) is 8.58. The third-order valence-electron chi connectivity index (χ3n) is 6.37. The molecule has 5 amide bonds. The van der Waals surface area contributed by atoms with Crippen molar-refractivity contribution in [3.05, 3.63) is 65.7 Å². The monoisotopic (exact) mass is 464 g/mol. The first-order valence-corrected chi connectivity index (χ1v) is 11.3. The van der Waals surface area contributed by atoms with Crippen LogP contribution in [0, 0.1) is 0 Å². The smallest absolute Gasteiger partial charge is 0.325 e. The summed E-state index contributed by atoms with van der Waals surface area (Å²) in [4.78, 5) is 53.1. The van der Waals surface area contributed by atoms with Gasteiger partial charge in [-0.2, -0.15) is 0 Å². The van der Waals surface area contributed by atoms with Gasteiger partial charge in [0.2, 0.25) is 5.91 Å². The lowest BCUT2D eigenvalue weighted by atomic mass is 9.91. The third-order valence-corrected chi connectivity index (χ3v) is 6.37. The zero-order valence-electron chi connectivity index (χ0n) is 19.0. The zero-order valence-corrected chi connectivity index (χ0v) is 19.0. The molecule has 9 heteroatoms. The van der Waals surface area contributed by atoms with Gasteiger partial charge in [-0.3, -0.25) is 14.4 Å². The molecule has 34 heavy (non-hydrogen) atoms. The second-order valence-corrected chi connectivity index (χ2v) is 8.58. The molecule has 0 radical (unpaired) electrons. The molecule has 0 saturated carbocycles. The maximum absolute atomic E-state index is 13.2. The molecule has 2 aromatic rings. The van der Waals surface area contributed by atoms with E-state index in [2.05, 4.69) is 5.32 Å². The molecule has 178 valence electrons. The molecule has 3 N–H and O–H groups in total. The number of hydrogen-bond donors (Lipinski definition) is 2. The molecule has 2 aromatic carbocycles. The third kappa shape index (κ3) is 4.73. The minimum absolute atomic E-state index is 0.0517. The largest absolute Gasteiger partial charge is 0.484 e. The van der Waals surface area contributed by atoms with Gasteiger partial charge in [0.05, 0.1) is 0 Å². The molecular weight excluding hydrogens is 436 g/mol. The fraction of sp³-hybridized carbons (Fsp3) is 0.360. The van der Waals surface area contributed by atoms with Crippen molar-refractivity contribution in [2.45, 2.75) is 37.8 Å². The number of nitrogens with two attached hydrogens (primary N) is 1. The summed E-state index contributed by atoms with van der Waals surface area (Å²) in [6.07, 6.45) is 2.03.